The van der Waals surface area contributed by atoms with E-state index in [1.54, 1.807) is 0 Å². The molecule has 0 fully saturated rings. The molecule has 0 heterocycles. The van der Waals surface area contributed by atoms with Gasteiger partial charge in [0.05, 0.1) is 19.3 Å². The zero-order chi connectivity index (χ0) is 10.4. The second kappa shape index (κ2) is 5.32. The van der Waals surface area contributed by atoms with Crippen molar-refractivity contribution >= 4 is 0 Å². The van der Waals surface area contributed by atoms with Crippen molar-refractivity contribution in [2.24, 2.45) is 5.41 Å². The van der Waals surface area contributed by atoms with Crippen LogP contribution in [-0.4, -0.2) is 24.4 Å². The number of aliphatic hydroxyl groups excluding tert-OH is 1. The third-order valence-electron chi connectivity index (χ3n) is 2.82. The highest BCUT2D eigenvalue weighted by molar-refractivity contribution is 5.08. The van der Waals surface area contributed by atoms with Gasteiger partial charge in [-0.15, -0.1) is 6.58 Å². The Morgan fingerprint density at radius 2 is 2.50 bits per heavy atom. The van der Waals surface area contributed by atoms with E-state index in [0.29, 0.717) is 6.61 Å². The summed E-state index contributed by atoms with van der Waals surface area (Å²) in [4.78, 5) is 0. The van der Waals surface area contributed by atoms with E-state index < -0.39 is 0 Å². The Hall–Kier alpha value is -0.600. The van der Waals surface area contributed by atoms with Gasteiger partial charge in [-0.1, -0.05) is 25.2 Å². The molecular weight excluding hydrogens is 176 g/mol. The predicted molar refractivity (Wildman–Crippen MR) is 58.1 cm³/mol. The third kappa shape index (κ3) is 2.69. The molecule has 0 amide bonds. The monoisotopic (exact) mass is 196 g/mol. The minimum atomic E-state index is 0.0647. The molecule has 0 bridgehead atoms. The molecule has 0 aliphatic heterocycles. The fourth-order valence-electron chi connectivity index (χ4n) is 2.02. The maximum atomic E-state index is 8.73. The number of rotatable bonds is 5. The first-order valence-corrected chi connectivity index (χ1v) is 5.24. The number of hydrogen-bond acceptors (Lipinski definition) is 2. The van der Waals surface area contributed by atoms with E-state index in [9.17, 15) is 0 Å². The quantitative estimate of drug-likeness (QED) is 0.684. The highest BCUT2D eigenvalue weighted by Gasteiger charge is 2.32. The number of allylic oxidation sites excluding steroid dienone is 2. The van der Waals surface area contributed by atoms with Crippen LogP contribution in [0.1, 0.15) is 26.2 Å². The van der Waals surface area contributed by atoms with Crippen LogP contribution in [0.25, 0.3) is 0 Å². The normalized spacial score (nSPS) is 31.7. The highest BCUT2D eigenvalue weighted by Crippen LogP contribution is 2.36. The number of ether oxygens (including phenoxy) is 1. The van der Waals surface area contributed by atoms with Crippen LogP contribution in [0.2, 0.25) is 0 Å². The largest absolute Gasteiger partial charge is 0.394 e. The molecule has 0 saturated carbocycles. The molecule has 0 aromatic heterocycles. The Balaban J connectivity index is 2.61. The molecule has 1 aliphatic rings. The summed E-state index contributed by atoms with van der Waals surface area (Å²) >= 11 is 0. The first kappa shape index (κ1) is 11.5. The van der Waals surface area contributed by atoms with Gasteiger partial charge in [0.25, 0.3) is 0 Å². The lowest BCUT2D eigenvalue weighted by atomic mass is 9.75. The summed E-state index contributed by atoms with van der Waals surface area (Å²) in [5.74, 6) is 0. The van der Waals surface area contributed by atoms with Gasteiger partial charge in [0.1, 0.15) is 0 Å². The predicted octanol–water partition coefficient (Wildman–Crippen LogP) is 2.30. The van der Waals surface area contributed by atoms with Crippen molar-refractivity contribution in [2.75, 3.05) is 13.2 Å². The van der Waals surface area contributed by atoms with Gasteiger partial charge in [-0.05, 0) is 19.3 Å². The topological polar surface area (TPSA) is 29.5 Å². The summed E-state index contributed by atoms with van der Waals surface area (Å²) < 4.78 is 5.65. The minimum absolute atomic E-state index is 0.0647. The Morgan fingerprint density at radius 1 is 1.71 bits per heavy atom. The maximum Gasteiger partial charge on any atom is 0.0701 e. The van der Waals surface area contributed by atoms with E-state index >= 15 is 0 Å². The van der Waals surface area contributed by atoms with Crippen LogP contribution in [0.15, 0.2) is 24.8 Å². The van der Waals surface area contributed by atoms with Gasteiger partial charge >= 0.3 is 0 Å². The van der Waals surface area contributed by atoms with Crippen LogP contribution < -0.4 is 0 Å². The second-order valence-electron chi connectivity index (χ2n) is 4.06. The fourth-order valence-corrected chi connectivity index (χ4v) is 2.02. The van der Waals surface area contributed by atoms with E-state index in [1.807, 2.05) is 6.08 Å². The molecule has 0 spiro atoms. The van der Waals surface area contributed by atoms with Gasteiger partial charge in [0, 0.05) is 5.41 Å². The van der Waals surface area contributed by atoms with E-state index in [4.69, 9.17) is 9.84 Å². The van der Waals surface area contributed by atoms with Crippen molar-refractivity contribution in [1.29, 1.82) is 0 Å². The van der Waals surface area contributed by atoms with Crippen LogP contribution in [0.5, 0.6) is 0 Å². The van der Waals surface area contributed by atoms with Gasteiger partial charge in [0.15, 0.2) is 0 Å². The molecule has 2 heteroatoms. The zero-order valence-electron chi connectivity index (χ0n) is 8.91. The minimum Gasteiger partial charge on any atom is -0.394 e. The summed E-state index contributed by atoms with van der Waals surface area (Å²) in [5.41, 5.74) is 0.0647. The summed E-state index contributed by atoms with van der Waals surface area (Å²) in [5, 5.41) is 8.73. The molecule has 1 aliphatic carbocycles. The van der Waals surface area contributed by atoms with Crippen molar-refractivity contribution in [3.8, 4) is 0 Å². The van der Waals surface area contributed by atoms with Crippen molar-refractivity contribution in [3.05, 3.63) is 24.8 Å². The van der Waals surface area contributed by atoms with Crippen molar-refractivity contribution < 1.29 is 9.84 Å². The average molecular weight is 196 g/mol. The molecular formula is C12H20O2. The van der Waals surface area contributed by atoms with Crippen LogP contribution >= 0.6 is 0 Å². The summed E-state index contributed by atoms with van der Waals surface area (Å²) in [7, 11) is 0. The average Bonchev–Trinajstić information content (AvgIpc) is 2.17. The van der Waals surface area contributed by atoms with Gasteiger partial charge in [-0.3, -0.25) is 0 Å². The van der Waals surface area contributed by atoms with Crippen molar-refractivity contribution in [1.82, 2.24) is 0 Å². The first-order chi connectivity index (χ1) is 6.73. The van der Waals surface area contributed by atoms with E-state index in [-0.39, 0.29) is 18.1 Å². The molecule has 1 N–H and O–H groups in total. The third-order valence-corrected chi connectivity index (χ3v) is 2.82. The van der Waals surface area contributed by atoms with E-state index in [1.165, 1.54) is 0 Å². The molecule has 0 aromatic carbocycles. The smallest absolute Gasteiger partial charge is 0.0701 e. The number of aliphatic hydroxyl groups is 1. The van der Waals surface area contributed by atoms with Crippen molar-refractivity contribution in [2.45, 2.75) is 32.3 Å². The van der Waals surface area contributed by atoms with Crippen LogP contribution in [-0.2, 0) is 4.74 Å². The Morgan fingerprint density at radius 3 is 3.14 bits per heavy atom. The molecule has 0 saturated heterocycles. The second-order valence-corrected chi connectivity index (χ2v) is 4.06. The summed E-state index contributed by atoms with van der Waals surface area (Å²) in [6.45, 7) is 6.50. The van der Waals surface area contributed by atoms with Crippen LogP contribution in [0.3, 0.4) is 0 Å². The molecule has 2 unspecified atom stereocenters. The maximum absolute atomic E-state index is 8.73. The van der Waals surface area contributed by atoms with Gasteiger partial charge in [0.2, 0.25) is 0 Å². The number of hydrogen-bond donors (Lipinski definition) is 1. The first-order valence-electron chi connectivity index (χ1n) is 5.24. The molecule has 0 aromatic rings. The van der Waals surface area contributed by atoms with Gasteiger partial charge in [-0.25, -0.2) is 0 Å². The Kier molecular flexibility index (Phi) is 4.36. The summed E-state index contributed by atoms with van der Waals surface area (Å²) in [6, 6.07) is 0. The van der Waals surface area contributed by atoms with Gasteiger partial charge < -0.3 is 9.84 Å². The lowest BCUT2D eigenvalue weighted by molar-refractivity contribution is -0.0335. The zero-order valence-corrected chi connectivity index (χ0v) is 8.91. The van der Waals surface area contributed by atoms with Crippen LogP contribution in [0.4, 0.5) is 0 Å². The van der Waals surface area contributed by atoms with Gasteiger partial charge in [-0.2, -0.15) is 0 Å². The summed E-state index contributed by atoms with van der Waals surface area (Å²) in [6.07, 6.45) is 9.63. The highest BCUT2D eigenvalue weighted by atomic mass is 16.5. The Bertz CT molecular complexity index is 210. The Labute approximate surface area is 86.3 Å². The molecule has 14 heavy (non-hydrogen) atoms. The van der Waals surface area contributed by atoms with Crippen LogP contribution in [0, 0.1) is 5.41 Å². The lowest BCUT2D eigenvalue weighted by Gasteiger charge is -2.37. The van der Waals surface area contributed by atoms with E-state index in [2.05, 4.69) is 25.7 Å². The lowest BCUT2D eigenvalue weighted by Crippen LogP contribution is -2.35. The van der Waals surface area contributed by atoms with Crippen molar-refractivity contribution in [3.63, 3.8) is 0 Å². The molecule has 1 rings (SSSR count). The molecule has 2 atom stereocenters. The SMILES string of the molecule is C=CCC1(C)C=CCCC1OCCO. The standard InChI is InChI=1S/C12H20O2/c1-3-7-12(2)8-5-4-6-11(12)14-10-9-13/h3,5,8,11,13H,1,4,6-7,9-10H2,2H3. The molecule has 80 valence electrons. The molecule has 0 radical (unpaired) electrons. The van der Waals surface area contributed by atoms with E-state index in [0.717, 1.165) is 19.3 Å². The fraction of sp³-hybridized carbons (Fsp3) is 0.667. The molecule has 2 nitrogen and oxygen atoms in total.